The Hall–Kier alpha value is -1.81. The number of likely N-dealkylation sites (N-methyl/N-ethyl adjacent to an activating group) is 1. The molecule has 0 aliphatic heterocycles. The van der Waals surface area contributed by atoms with Crippen molar-refractivity contribution in [3.05, 3.63) is 36.0 Å². The third-order valence-corrected chi connectivity index (χ3v) is 3.63. The third-order valence-electron chi connectivity index (χ3n) is 3.63. The number of carbonyl (C=O) groups is 1. The number of amides is 1. The highest BCUT2D eigenvalue weighted by Crippen LogP contribution is 2.21. The zero-order valence-electron chi connectivity index (χ0n) is 13.3. The van der Waals surface area contributed by atoms with Gasteiger partial charge in [-0.1, -0.05) is 18.2 Å². The van der Waals surface area contributed by atoms with E-state index in [0.29, 0.717) is 19.5 Å². The number of benzene rings is 1. The number of para-hydroxylation sites is 1. The average Bonchev–Trinajstić information content (AvgIpc) is 2.72. The summed E-state index contributed by atoms with van der Waals surface area (Å²) in [5.41, 5.74) is 1.29. The van der Waals surface area contributed by atoms with E-state index in [1.807, 2.05) is 42.9 Å². The summed E-state index contributed by atoms with van der Waals surface area (Å²) in [6.07, 6.45) is 2.38. The van der Waals surface area contributed by atoms with Crippen LogP contribution in [-0.4, -0.2) is 39.2 Å². The Kier molecular flexibility index (Phi) is 4.37. The first-order valence-corrected chi connectivity index (χ1v) is 7.35. The molecule has 1 heterocycles. The van der Waals surface area contributed by atoms with Gasteiger partial charge in [0.25, 0.3) is 0 Å². The summed E-state index contributed by atoms with van der Waals surface area (Å²) in [4.78, 5) is 14.2. The van der Waals surface area contributed by atoms with E-state index in [1.54, 1.807) is 18.7 Å². The molecule has 0 aliphatic rings. The van der Waals surface area contributed by atoms with Crippen LogP contribution in [0.5, 0.6) is 0 Å². The van der Waals surface area contributed by atoms with Crippen LogP contribution in [0.4, 0.5) is 0 Å². The minimum absolute atomic E-state index is 0.0518. The van der Waals surface area contributed by atoms with Gasteiger partial charge in [-0.3, -0.25) is 4.79 Å². The van der Waals surface area contributed by atoms with Gasteiger partial charge in [0, 0.05) is 37.2 Å². The van der Waals surface area contributed by atoms with Crippen LogP contribution in [0.15, 0.2) is 30.5 Å². The lowest BCUT2D eigenvalue weighted by atomic mass is 10.1. The highest BCUT2D eigenvalue weighted by Gasteiger charge is 2.22. The second-order valence-corrected chi connectivity index (χ2v) is 6.18. The lowest BCUT2D eigenvalue weighted by Gasteiger charge is -2.28. The molecule has 21 heavy (non-hydrogen) atoms. The molecule has 0 spiro atoms. The summed E-state index contributed by atoms with van der Waals surface area (Å²) >= 11 is 0. The molecule has 4 nitrogen and oxygen atoms in total. The van der Waals surface area contributed by atoms with Crippen molar-refractivity contribution < 1.29 is 9.90 Å². The lowest BCUT2D eigenvalue weighted by molar-refractivity contribution is -0.133. The molecule has 0 unspecified atom stereocenters. The predicted octanol–water partition coefficient (Wildman–Crippen LogP) is 2.34. The van der Waals surface area contributed by atoms with Gasteiger partial charge in [-0.05, 0) is 32.4 Å². The van der Waals surface area contributed by atoms with E-state index in [-0.39, 0.29) is 5.91 Å². The van der Waals surface area contributed by atoms with Crippen LogP contribution >= 0.6 is 0 Å². The molecular formula is C17H24N2O2. The molecule has 0 radical (unpaired) electrons. The number of fused-ring (bicyclic) bond motifs is 1. The molecule has 4 heteroatoms. The number of nitrogens with zero attached hydrogens (tertiary/aromatic N) is 2. The molecule has 1 N–H and O–H groups in total. The van der Waals surface area contributed by atoms with Crippen molar-refractivity contribution >= 4 is 16.8 Å². The van der Waals surface area contributed by atoms with Crippen LogP contribution in [0.3, 0.4) is 0 Å². The van der Waals surface area contributed by atoms with Crippen molar-refractivity contribution in [2.45, 2.75) is 32.8 Å². The van der Waals surface area contributed by atoms with Gasteiger partial charge >= 0.3 is 0 Å². The van der Waals surface area contributed by atoms with E-state index >= 15 is 0 Å². The monoisotopic (exact) mass is 288 g/mol. The molecule has 2 aromatic rings. The van der Waals surface area contributed by atoms with Crippen LogP contribution in [0.25, 0.3) is 10.9 Å². The molecule has 0 aliphatic carbocycles. The van der Waals surface area contributed by atoms with Crippen molar-refractivity contribution in [1.29, 1.82) is 0 Å². The normalized spacial score (nSPS) is 11.9. The predicted molar refractivity (Wildman–Crippen MR) is 85.2 cm³/mol. The summed E-state index contributed by atoms with van der Waals surface area (Å²) in [5.74, 6) is 0.0518. The van der Waals surface area contributed by atoms with Gasteiger partial charge < -0.3 is 14.6 Å². The van der Waals surface area contributed by atoms with E-state index in [2.05, 4.69) is 6.07 Å². The molecule has 0 fully saturated rings. The Labute approximate surface area is 126 Å². The first-order valence-electron chi connectivity index (χ1n) is 7.35. The van der Waals surface area contributed by atoms with Crippen LogP contribution in [0.2, 0.25) is 0 Å². The molecular weight excluding hydrogens is 264 g/mol. The molecule has 2 rings (SSSR count). The first kappa shape index (κ1) is 15.6. The molecule has 0 atom stereocenters. The van der Waals surface area contributed by atoms with Gasteiger partial charge in [0.2, 0.25) is 5.91 Å². The second kappa shape index (κ2) is 5.90. The smallest absolute Gasteiger partial charge is 0.227 e. The fourth-order valence-electron chi connectivity index (χ4n) is 2.68. The molecule has 1 aromatic carbocycles. The van der Waals surface area contributed by atoms with Crippen LogP contribution in [0, 0.1) is 0 Å². The number of hydrogen-bond acceptors (Lipinski definition) is 2. The standard InChI is InChI=1S/C17H24N2O2/c1-5-19(12-17(2,3)21)16(20)10-13-11-18(4)15-9-7-6-8-14(13)15/h6-9,11,21H,5,10,12H2,1-4H3. The number of hydrogen-bond donors (Lipinski definition) is 1. The molecule has 0 saturated carbocycles. The number of aryl methyl sites for hydroxylation is 1. The Bertz CT molecular complexity index is 638. The Morgan fingerprint density at radius 1 is 1.33 bits per heavy atom. The zero-order chi connectivity index (χ0) is 15.6. The van der Waals surface area contributed by atoms with Crippen molar-refractivity contribution in [1.82, 2.24) is 9.47 Å². The van der Waals surface area contributed by atoms with Crippen molar-refractivity contribution in [2.24, 2.45) is 7.05 Å². The third kappa shape index (κ3) is 3.64. The van der Waals surface area contributed by atoms with Crippen molar-refractivity contribution in [2.75, 3.05) is 13.1 Å². The molecule has 1 amide bonds. The fraction of sp³-hybridized carbons (Fsp3) is 0.471. The fourth-order valence-corrected chi connectivity index (χ4v) is 2.68. The maximum atomic E-state index is 12.5. The molecule has 0 saturated heterocycles. The lowest BCUT2D eigenvalue weighted by Crippen LogP contribution is -2.42. The van der Waals surface area contributed by atoms with E-state index in [1.165, 1.54) is 0 Å². The van der Waals surface area contributed by atoms with Crippen molar-refractivity contribution in [3.63, 3.8) is 0 Å². The minimum Gasteiger partial charge on any atom is -0.389 e. The van der Waals surface area contributed by atoms with Gasteiger partial charge in [0.1, 0.15) is 0 Å². The van der Waals surface area contributed by atoms with E-state index in [9.17, 15) is 9.90 Å². The molecule has 1 aromatic heterocycles. The highest BCUT2D eigenvalue weighted by atomic mass is 16.3. The first-order chi connectivity index (χ1) is 9.81. The van der Waals surface area contributed by atoms with E-state index < -0.39 is 5.60 Å². The number of aromatic nitrogens is 1. The minimum atomic E-state index is -0.871. The zero-order valence-corrected chi connectivity index (χ0v) is 13.3. The van der Waals surface area contributed by atoms with Gasteiger partial charge in [-0.2, -0.15) is 0 Å². The Morgan fingerprint density at radius 2 is 2.00 bits per heavy atom. The van der Waals surface area contributed by atoms with Gasteiger partial charge in [0.15, 0.2) is 0 Å². The maximum Gasteiger partial charge on any atom is 0.227 e. The van der Waals surface area contributed by atoms with Crippen LogP contribution < -0.4 is 0 Å². The average molecular weight is 288 g/mol. The van der Waals surface area contributed by atoms with Gasteiger partial charge in [0.05, 0.1) is 12.0 Å². The van der Waals surface area contributed by atoms with E-state index in [4.69, 9.17) is 0 Å². The number of rotatable bonds is 5. The topological polar surface area (TPSA) is 45.5 Å². The summed E-state index contributed by atoms with van der Waals surface area (Å²) in [5, 5.41) is 11.0. The second-order valence-electron chi connectivity index (χ2n) is 6.18. The summed E-state index contributed by atoms with van der Waals surface area (Å²) < 4.78 is 2.05. The van der Waals surface area contributed by atoms with E-state index in [0.717, 1.165) is 16.5 Å². The highest BCUT2D eigenvalue weighted by molar-refractivity contribution is 5.89. The Morgan fingerprint density at radius 3 is 2.62 bits per heavy atom. The summed E-state index contributed by atoms with van der Waals surface area (Å²) in [7, 11) is 1.99. The SMILES string of the molecule is CCN(CC(C)(C)O)C(=O)Cc1cn(C)c2ccccc12. The van der Waals surface area contributed by atoms with Gasteiger partial charge in [-0.25, -0.2) is 0 Å². The number of carbonyl (C=O) groups excluding carboxylic acids is 1. The summed E-state index contributed by atoms with van der Waals surface area (Å²) in [6, 6.07) is 8.09. The van der Waals surface area contributed by atoms with Crippen LogP contribution in [-0.2, 0) is 18.3 Å². The van der Waals surface area contributed by atoms with Gasteiger partial charge in [-0.15, -0.1) is 0 Å². The molecule has 0 bridgehead atoms. The number of aliphatic hydroxyl groups is 1. The largest absolute Gasteiger partial charge is 0.389 e. The molecule has 114 valence electrons. The summed E-state index contributed by atoms with van der Waals surface area (Å²) in [6.45, 7) is 6.34. The van der Waals surface area contributed by atoms with Crippen molar-refractivity contribution in [3.8, 4) is 0 Å². The Balaban J connectivity index is 2.21. The quantitative estimate of drug-likeness (QED) is 0.918. The van der Waals surface area contributed by atoms with Crippen LogP contribution in [0.1, 0.15) is 26.3 Å². The maximum absolute atomic E-state index is 12.5.